The number of aromatic amines is 1. The van der Waals surface area contributed by atoms with E-state index in [1.807, 2.05) is 30.3 Å². The number of anilines is 1. The lowest BCUT2D eigenvalue weighted by atomic mass is 10.1. The minimum Gasteiger partial charge on any atom is -0.326 e. The highest BCUT2D eigenvalue weighted by molar-refractivity contribution is 5.92. The zero-order valence-electron chi connectivity index (χ0n) is 9.31. The van der Waals surface area contributed by atoms with Crippen molar-refractivity contribution in [1.82, 2.24) is 10.2 Å². The second-order valence-corrected chi connectivity index (χ2v) is 3.59. The first kappa shape index (κ1) is 11.1. The molecule has 0 atom stereocenters. The van der Waals surface area contributed by atoms with Gasteiger partial charge in [-0.15, -0.1) is 6.58 Å². The Balaban J connectivity index is 2.17. The van der Waals surface area contributed by atoms with Crippen LogP contribution >= 0.6 is 0 Å². The van der Waals surface area contributed by atoms with E-state index in [0.717, 1.165) is 16.9 Å². The molecule has 0 saturated carbocycles. The molecule has 0 aliphatic heterocycles. The second-order valence-electron chi connectivity index (χ2n) is 3.59. The molecule has 0 fully saturated rings. The summed E-state index contributed by atoms with van der Waals surface area (Å²) in [6.45, 7) is 3.53. The Labute approximate surface area is 99.4 Å². The van der Waals surface area contributed by atoms with Crippen LogP contribution in [0.3, 0.4) is 0 Å². The maximum absolute atomic E-state index is 11.4. The molecule has 4 heteroatoms. The topological polar surface area (TPSA) is 57.8 Å². The van der Waals surface area contributed by atoms with Crippen LogP contribution in [0.15, 0.2) is 49.2 Å². The van der Waals surface area contributed by atoms with E-state index in [4.69, 9.17) is 0 Å². The van der Waals surface area contributed by atoms with E-state index in [-0.39, 0.29) is 5.91 Å². The number of nitrogens with one attached hydrogen (secondary N) is 2. The Bertz CT molecular complexity index is 517. The molecular formula is C13H13N3O. The van der Waals surface area contributed by atoms with Gasteiger partial charge in [0.15, 0.2) is 0 Å². The molecule has 0 unspecified atom stereocenters. The number of rotatable bonds is 4. The summed E-state index contributed by atoms with van der Waals surface area (Å²) in [5.41, 5.74) is 2.67. The van der Waals surface area contributed by atoms with Crippen LogP contribution < -0.4 is 5.32 Å². The van der Waals surface area contributed by atoms with Gasteiger partial charge < -0.3 is 5.32 Å². The van der Waals surface area contributed by atoms with Crippen LogP contribution in [0.25, 0.3) is 11.3 Å². The van der Waals surface area contributed by atoms with Crippen molar-refractivity contribution >= 4 is 11.6 Å². The number of hydrogen-bond acceptors (Lipinski definition) is 2. The predicted molar refractivity (Wildman–Crippen MR) is 67.5 cm³/mol. The van der Waals surface area contributed by atoms with Crippen LogP contribution in [0.2, 0.25) is 0 Å². The Morgan fingerprint density at radius 1 is 1.47 bits per heavy atom. The van der Waals surface area contributed by atoms with Crippen LogP contribution in [0.4, 0.5) is 5.69 Å². The molecule has 1 aromatic carbocycles. The summed E-state index contributed by atoms with van der Waals surface area (Å²) < 4.78 is 0. The van der Waals surface area contributed by atoms with Gasteiger partial charge in [0.2, 0.25) is 5.91 Å². The number of carbonyl (C=O) groups is 1. The van der Waals surface area contributed by atoms with E-state index in [1.165, 1.54) is 0 Å². The van der Waals surface area contributed by atoms with Gasteiger partial charge in [0.05, 0.1) is 5.69 Å². The zero-order valence-corrected chi connectivity index (χ0v) is 9.31. The van der Waals surface area contributed by atoms with Crippen molar-refractivity contribution < 1.29 is 4.79 Å². The summed E-state index contributed by atoms with van der Waals surface area (Å²) >= 11 is 0. The number of aromatic nitrogens is 2. The second kappa shape index (κ2) is 5.12. The molecule has 2 rings (SSSR count). The molecule has 0 aliphatic rings. The lowest BCUT2D eigenvalue weighted by Crippen LogP contribution is -2.09. The largest absolute Gasteiger partial charge is 0.326 e. The lowest BCUT2D eigenvalue weighted by molar-refractivity contribution is -0.115. The summed E-state index contributed by atoms with van der Waals surface area (Å²) in [6, 6.07) is 9.47. The monoisotopic (exact) mass is 227 g/mol. The van der Waals surface area contributed by atoms with Gasteiger partial charge in [-0.2, -0.15) is 5.10 Å². The van der Waals surface area contributed by atoms with Crippen LogP contribution in [-0.2, 0) is 4.79 Å². The first-order valence-electron chi connectivity index (χ1n) is 5.30. The summed E-state index contributed by atoms with van der Waals surface area (Å²) in [4.78, 5) is 11.4. The quantitative estimate of drug-likeness (QED) is 0.789. The van der Waals surface area contributed by atoms with Gasteiger partial charge in [0, 0.05) is 23.9 Å². The van der Waals surface area contributed by atoms with Crippen LogP contribution in [0.1, 0.15) is 6.42 Å². The molecule has 0 radical (unpaired) electrons. The molecule has 0 spiro atoms. The fourth-order valence-corrected chi connectivity index (χ4v) is 1.52. The van der Waals surface area contributed by atoms with Crippen molar-refractivity contribution in [3.63, 3.8) is 0 Å². The molecule has 0 aliphatic carbocycles. The molecule has 1 amide bonds. The standard InChI is InChI=1S/C13H13N3O/c1-2-4-13(17)15-11-6-3-5-10(9-11)12-7-8-14-16-12/h2-3,5-9H,1,4H2,(H,14,16)(H,15,17). The minimum atomic E-state index is -0.0678. The summed E-state index contributed by atoms with van der Waals surface area (Å²) in [5, 5.41) is 9.57. The third kappa shape index (κ3) is 2.81. The first-order valence-corrected chi connectivity index (χ1v) is 5.30. The Hall–Kier alpha value is -2.36. The van der Waals surface area contributed by atoms with Crippen molar-refractivity contribution in [2.45, 2.75) is 6.42 Å². The number of nitrogens with zero attached hydrogens (tertiary/aromatic N) is 1. The molecule has 2 aromatic rings. The number of amides is 1. The summed E-state index contributed by atoms with van der Waals surface area (Å²) in [6.07, 6.45) is 3.58. The third-order valence-corrected chi connectivity index (χ3v) is 2.29. The smallest absolute Gasteiger partial charge is 0.228 e. The van der Waals surface area contributed by atoms with E-state index in [0.29, 0.717) is 6.42 Å². The summed E-state index contributed by atoms with van der Waals surface area (Å²) in [5.74, 6) is -0.0678. The van der Waals surface area contributed by atoms with E-state index >= 15 is 0 Å². The molecule has 4 nitrogen and oxygen atoms in total. The van der Waals surface area contributed by atoms with E-state index < -0.39 is 0 Å². The van der Waals surface area contributed by atoms with Crippen molar-refractivity contribution in [3.05, 3.63) is 49.2 Å². The van der Waals surface area contributed by atoms with E-state index in [2.05, 4.69) is 22.1 Å². The van der Waals surface area contributed by atoms with Gasteiger partial charge in [0.25, 0.3) is 0 Å². The Kier molecular flexibility index (Phi) is 3.35. The fraction of sp³-hybridized carbons (Fsp3) is 0.0769. The normalized spacial score (nSPS) is 9.88. The molecule has 0 bridgehead atoms. The number of hydrogen-bond donors (Lipinski definition) is 2. The van der Waals surface area contributed by atoms with Gasteiger partial charge in [-0.25, -0.2) is 0 Å². The van der Waals surface area contributed by atoms with Crippen molar-refractivity contribution in [2.75, 3.05) is 5.32 Å². The maximum atomic E-state index is 11.4. The number of carbonyl (C=O) groups excluding carboxylic acids is 1. The number of benzene rings is 1. The molecule has 1 aromatic heterocycles. The molecule has 1 heterocycles. The Morgan fingerprint density at radius 2 is 2.35 bits per heavy atom. The average molecular weight is 227 g/mol. The van der Waals surface area contributed by atoms with Crippen LogP contribution in [-0.4, -0.2) is 16.1 Å². The zero-order chi connectivity index (χ0) is 12.1. The van der Waals surface area contributed by atoms with Gasteiger partial charge in [-0.05, 0) is 18.2 Å². The fourth-order valence-electron chi connectivity index (χ4n) is 1.52. The van der Waals surface area contributed by atoms with Crippen molar-refractivity contribution in [3.8, 4) is 11.3 Å². The number of H-pyrrole nitrogens is 1. The SMILES string of the molecule is C=CCC(=O)Nc1cccc(-c2ccn[nH]2)c1. The Morgan fingerprint density at radius 3 is 3.06 bits per heavy atom. The first-order chi connectivity index (χ1) is 8.29. The molecular weight excluding hydrogens is 214 g/mol. The van der Waals surface area contributed by atoms with Crippen molar-refractivity contribution in [2.24, 2.45) is 0 Å². The van der Waals surface area contributed by atoms with Gasteiger partial charge in [-0.1, -0.05) is 18.2 Å². The maximum Gasteiger partial charge on any atom is 0.228 e. The molecule has 86 valence electrons. The van der Waals surface area contributed by atoms with Crippen molar-refractivity contribution in [1.29, 1.82) is 0 Å². The highest BCUT2D eigenvalue weighted by atomic mass is 16.1. The van der Waals surface area contributed by atoms with Crippen LogP contribution in [0.5, 0.6) is 0 Å². The third-order valence-electron chi connectivity index (χ3n) is 2.29. The van der Waals surface area contributed by atoms with Gasteiger partial charge in [-0.3, -0.25) is 9.89 Å². The molecule has 2 N–H and O–H groups in total. The molecule has 17 heavy (non-hydrogen) atoms. The lowest BCUT2D eigenvalue weighted by Gasteiger charge is -2.05. The highest BCUT2D eigenvalue weighted by Gasteiger charge is 2.02. The van der Waals surface area contributed by atoms with Crippen LogP contribution in [0, 0.1) is 0 Å². The van der Waals surface area contributed by atoms with E-state index in [9.17, 15) is 4.79 Å². The predicted octanol–water partition coefficient (Wildman–Crippen LogP) is 2.59. The summed E-state index contributed by atoms with van der Waals surface area (Å²) in [7, 11) is 0. The highest BCUT2D eigenvalue weighted by Crippen LogP contribution is 2.20. The van der Waals surface area contributed by atoms with E-state index in [1.54, 1.807) is 12.3 Å². The van der Waals surface area contributed by atoms with Gasteiger partial charge in [0.1, 0.15) is 0 Å². The van der Waals surface area contributed by atoms with Gasteiger partial charge >= 0.3 is 0 Å². The minimum absolute atomic E-state index is 0.0678. The average Bonchev–Trinajstić information content (AvgIpc) is 2.83. The molecule has 0 saturated heterocycles.